The second-order valence-corrected chi connectivity index (χ2v) is 11.7. The van der Waals surface area contributed by atoms with Crippen LogP contribution in [0.2, 0.25) is 0 Å². The van der Waals surface area contributed by atoms with Crippen molar-refractivity contribution in [2.24, 2.45) is 0 Å². The van der Waals surface area contributed by atoms with E-state index in [-0.39, 0.29) is 30.3 Å². The molecule has 0 bridgehead atoms. The topological polar surface area (TPSA) is 96.6 Å². The van der Waals surface area contributed by atoms with Gasteiger partial charge in [0.05, 0.1) is 17.3 Å². The third-order valence-electron chi connectivity index (χ3n) is 6.84. The summed E-state index contributed by atoms with van der Waals surface area (Å²) in [5.74, 6) is 0.105. The normalized spacial score (nSPS) is 16.5. The first-order valence-corrected chi connectivity index (χ1v) is 14.1. The number of rotatable bonds is 8. The number of hydrogen-bond acceptors (Lipinski definition) is 7. The molecule has 1 atom stereocenters. The number of anilines is 1. The van der Waals surface area contributed by atoms with Crippen LogP contribution >= 0.6 is 0 Å². The van der Waals surface area contributed by atoms with Gasteiger partial charge in [-0.25, -0.2) is 18.4 Å². The molecule has 0 radical (unpaired) electrons. The van der Waals surface area contributed by atoms with E-state index in [9.17, 15) is 26.4 Å². The van der Waals surface area contributed by atoms with Crippen LogP contribution in [0.3, 0.4) is 0 Å². The third-order valence-corrected chi connectivity index (χ3v) is 8.61. The van der Waals surface area contributed by atoms with Gasteiger partial charge in [-0.15, -0.1) is 0 Å². The molecule has 0 spiro atoms. The molecular weight excluding hydrogens is 545 g/mol. The molecule has 12 heteroatoms. The highest BCUT2D eigenvalue weighted by molar-refractivity contribution is 7.89. The second kappa shape index (κ2) is 10.7. The van der Waals surface area contributed by atoms with Gasteiger partial charge in [-0.2, -0.15) is 17.5 Å². The maximum atomic E-state index is 13.4. The molecule has 5 rings (SSSR count). The Morgan fingerprint density at radius 2 is 1.80 bits per heavy atom. The van der Waals surface area contributed by atoms with Crippen LogP contribution in [-0.2, 0) is 27.4 Å². The number of sulfonamides is 1. The molecule has 1 saturated heterocycles. The van der Waals surface area contributed by atoms with E-state index < -0.39 is 27.8 Å². The number of ketones is 1. The largest absolute Gasteiger partial charge is 0.443 e. The summed E-state index contributed by atoms with van der Waals surface area (Å²) in [7, 11) is -0.547. The molecule has 0 aliphatic carbocycles. The quantitative estimate of drug-likeness (QED) is 0.282. The van der Waals surface area contributed by atoms with E-state index in [0.29, 0.717) is 46.7 Å². The maximum Gasteiger partial charge on any atom is 0.416 e. The minimum absolute atomic E-state index is 0.0349. The minimum Gasteiger partial charge on any atom is -0.443 e. The van der Waals surface area contributed by atoms with E-state index in [1.165, 1.54) is 22.5 Å². The summed E-state index contributed by atoms with van der Waals surface area (Å²) in [6, 6.07) is 13.9. The first-order valence-electron chi connectivity index (χ1n) is 12.7. The number of carbonyl (C=O) groups is 1. The SMILES string of the molecule is CN(C)c1nc(CCC(=O)C2CCCN2S(=O)(=O)c2cc3ccccc3o2)cc(-c2ccc(C(F)(F)F)cc2)n1. The van der Waals surface area contributed by atoms with Gasteiger partial charge < -0.3 is 9.32 Å². The number of halogens is 3. The molecule has 40 heavy (non-hydrogen) atoms. The Labute approximate surface area is 229 Å². The van der Waals surface area contributed by atoms with Crippen LogP contribution in [0.15, 0.2) is 70.2 Å². The fraction of sp³-hybridized carbons (Fsp3) is 0.321. The van der Waals surface area contributed by atoms with Crippen LogP contribution < -0.4 is 4.90 Å². The standard InChI is InChI=1S/C28H27F3N4O4S/c1-34(2)27-32-21(17-22(33-27)18-9-11-20(12-10-18)28(29,30)31)13-14-24(36)23-7-5-15-35(23)40(37,38)26-16-19-6-3-4-8-25(19)39-26/h3-4,6,8-12,16-17,23H,5,7,13-15H2,1-2H3. The first-order chi connectivity index (χ1) is 18.9. The van der Waals surface area contributed by atoms with Crippen molar-refractivity contribution in [3.63, 3.8) is 0 Å². The van der Waals surface area contributed by atoms with E-state index in [1.54, 1.807) is 49.3 Å². The number of hydrogen-bond donors (Lipinski definition) is 0. The smallest absolute Gasteiger partial charge is 0.416 e. The molecular formula is C28H27F3N4O4S. The van der Waals surface area contributed by atoms with Crippen molar-refractivity contribution in [3.8, 4) is 11.3 Å². The lowest BCUT2D eigenvalue weighted by Gasteiger charge is -2.22. The fourth-order valence-electron chi connectivity index (χ4n) is 4.76. The Hall–Kier alpha value is -3.77. The lowest BCUT2D eigenvalue weighted by Crippen LogP contribution is -2.40. The van der Waals surface area contributed by atoms with Gasteiger partial charge in [0, 0.05) is 49.8 Å². The minimum atomic E-state index is -4.45. The van der Waals surface area contributed by atoms with Crippen LogP contribution in [0.1, 0.15) is 30.5 Å². The number of benzene rings is 2. The van der Waals surface area contributed by atoms with Crippen molar-refractivity contribution in [2.75, 3.05) is 25.5 Å². The number of furan rings is 1. The van der Waals surface area contributed by atoms with Crippen LogP contribution in [0.25, 0.3) is 22.2 Å². The third kappa shape index (κ3) is 5.59. The number of aryl methyl sites for hydroxylation is 1. The Morgan fingerprint density at radius 1 is 1.07 bits per heavy atom. The van der Waals surface area contributed by atoms with E-state index >= 15 is 0 Å². The van der Waals surface area contributed by atoms with Crippen molar-refractivity contribution < 1.29 is 30.8 Å². The summed E-state index contributed by atoms with van der Waals surface area (Å²) >= 11 is 0. The second-order valence-electron chi connectivity index (χ2n) is 9.86. The van der Waals surface area contributed by atoms with Crippen LogP contribution in [0, 0.1) is 0 Å². The molecule has 2 aromatic carbocycles. The number of carbonyl (C=O) groups excluding carboxylic acids is 1. The zero-order valence-electron chi connectivity index (χ0n) is 21.9. The van der Waals surface area contributed by atoms with Crippen LogP contribution in [-0.4, -0.2) is 55.2 Å². The molecule has 1 aliphatic rings. The Balaban J connectivity index is 1.34. The van der Waals surface area contributed by atoms with Gasteiger partial charge in [-0.1, -0.05) is 30.3 Å². The van der Waals surface area contributed by atoms with Gasteiger partial charge in [0.1, 0.15) is 5.58 Å². The number of para-hydroxylation sites is 1. The van der Waals surface area contributed by atoms with Crippen molar-refractivity contribution in [3.05, 3.63) is 71.9 Å². The molecule has 0 N–H and O–H groups in total. The average Bonchev–Trinajstić information content (AvgIpc) is 3.60. The Bertz CT molecular complexity index is 1620. The number of nitrogens with zero attached hydrogens (tertiary/aromatic N) is 4. The zero-order chi connectivity index (χ0) is 28.7. The predicted octanol–water partition coefficient (Wildman–Crippen LogP) is 5.33. The molecule has 0 amide bonds. The highest BCUT2D eigenvalue weighted by Crippen LogP contribution is 2.32. The summed E-state index contributed by atoms with van der Waals surface area (Å²) in [6.07, 6.45) is -3.25. The van der Waals surface area contributed by atoms with Gasteiger partial charge in [-0.3, -0.25) is 4.79 Å². The fourth-order valence-corrected chi connectivity index (χ4v) is 6.39. The lowest BCUT2D eigenvalue weighted by atomic mass is 10.0. The molecule has 1 aliphatic heterocycles. The molecule has 1 unspecified atom stereocenters. The van der Waals surface area contributed by atoms with E-state index in [0.717, 1.165) is 12.1 Å². The first kappa shape index (κ1) is 27.8. The number of alkyl halides is 3. The zero-order valence-corrected chi connectivity index (χ0v) is 22.7. The maximum absolute atomic E-state index is 13.4. The summed E-state index contributed by atoms with van der Waals surface area (Å²) in [5, 5.41) is 0.466. The van der Waals surface area contributed by atoms with E-state index in [1.807, 2.05) is 0 Å². The molecule has 210 valence electrons. The van der Waals surface area contributed by atoms with Crippen molar-refractivity contribution in [1.82, 2.24) is 14.3 Å². The average molecular weight is 573 g/mol. The molecule has 3 heterocycles. The highest BCUT2D eigenvalue weighted by atomic mass is 32.2. The summed E-state index contributed by atoms with van der Waals surface area (Å²) < 4.78 is 72.6. The van der Waals surface area contributed by atoms with Gasteiger partial charge in [0.15, 0.2) is 5.78 Å². The van der Waals surface area contributed by atoms with Crippen LogP contribution in [0.5, 0.6) is 0 Å². The van der Waals surface area contributed by atoms with Crippen molar-refractivity contribution >= 4 is 32.7 Å². The monoisotopic (exact) mass is 572 g/mol. The molecule has 8 nitrogen and oxygen atoms in total. The van der Waals surface area contributed by atoms with Crippen molar-refractivity contribution in [1.29, 1.82) is 0 Å². The van der Waals surface area contributed by atoms with E-state index in [2.05, 4.69) is 9.97 Å². The number of Topliss-reactive ketones (excluding diaryl/α,β-unsaturated/α-hetero) is 1. The lowest BCUT2D eigenvalue weighted by molar-refractivity contribution is -0.137. The van der Waals surface area contributed by atoms with Gasteiger partial charge >= 0.3 is 6.18 Å². The summed E-state index contributed by atoms with van der Waals surface area (Å²) in [6.45, 7) is 0.214. The molecule has 2 aromatic heterocycles. The number of aromatic nitrogens is 2. The summed E-state index contributed by atoms with van der Waals surface area (Å²) in [5.41, 5.74) is 1.11. The van der Waals surface area contributed by atoms with Gasteiger partial charge in [-0.05, 0) is 43.5 Å². The molecule has 0 saturated carbocycles. The summed E-state index contributed by atoms with van der Waals surface area (Å²) in [4.78, 5) is 23.9. The van der Waals surface area contributed by atoms with Crippen LogP contribution in [0.4, 0.5) is 19.1 Å². The highest BCUT2D eigenvalue weighted by Gasteiger charge is 2.40. The van der Waals surface area contributed by atoms with Gasteiger partial charge in [0.2, 0.25) is 11.0 Å². The molecule has 1 fully saturated rings. The van der Waals surface area contributed by atoms with E-state index in [4.69, 9.17) is 4.42 Å². The predicted molar refractivity (Wildman–Crippen MR) is 143 cm³/mol. The molecule has 4 aromatic rings. The number of fused-ring (bicyclic) bond motifs is 1. The van der Waals surface area contributed by atoms with Gasteiger partial charge in [0.25, 0.3) is 10.0 Å². The Kier molecular flexibility index (Phi) is 7.40. The van der Waals surface area contributed by atoms with Crippen molar-refractivity contribution in [2.45, 2.75) is 43.0 Å². The Morgan fingerprint density at radius 3 is 2.48 bits per heavy atom.